The minimum Gasteiger partial charge on any atom is -0.481 e. The van der Waals surface area contributed by atoms with E-state index in [4.69, 9.17) is 5.11 Å². The number of hydrogen-bond acceptors (Lipinski definition) is 1. The van der Waals surface area contributed by atoms with Crippen molar-refractivity contribution in [3.8, 4) is 0 Å². The molecule has 6 heteroatoms. The standard InChI is InChI=1S/C10H16F4O2/c1-2-3-4-6(5-7(15)16)8(11)9(12)10(13)14/h6,8-10H,2-5H2,1H3,(H,15,16). The first-order valence-corrected chi connectivity index (χ1v) is 5.18. The van der Waals surface area contributed by atoms with E-state index in [2.05, 4.69) is 0 Å². The smallest absolute Gasteiger partial charge is 0.303 e. The van der Waals surface area contributed by atoms with Crippen molar-refractivity contribution in [3.63, 3.8) is 0 Å². The van der Waals surface area contributed by atoms with Crippen molar-refractivity contribution in [1.29, 1.82) is 0 Å². The maximum absolute atomic E-state index is 13.3. The second kappa shape index (κ2) is 7.46. The van der Waals surface area contributed by atoms with E-state index in [1.165, 1.54) is 0 Å². The van der Waals surface area contributed by atoms with Gasteiger partial charge in [-0.25, -0.2) is 17.6 Å². The molecule has 16 heavy (non-hydrogen) atoms. The van der Waals surface area contributed by atoms with Gasteiger partial charge < -0.3 is 5.11 Å². The summed E-state index contributed by atoms with van der Waals surface area (Å²) in [6, 6.07) is 0. The fourth-order valence-electron chi connectivity index (χ4n) is 1.46. The van der Waals surface area contributed by atoms with E-state index >= 15 is 0 Å². The fraction of sp³-hybridized carbons (Fsp3) is 0.900. The number of aliphatic carboxylic acids is 1. The molecule has 0 aromatic heterocycles. The zero-order chi connectivity index (χ0) is 12.7. The second-order valence-corrected chi connectivity index (χ2v) is 3.72. The van der Waals surface area contributed by atoms with Crippen molar-refractivity contribution in [3.05, 3.63) is 0 Å². The summed E-state index contributed by atoms with van der Waals surface area (Å²) in [7, 11) is 0. The molecular weight excluding hydrogens is 228 g/mol. The third-order valence-electron chi connectivity index (χ3n) is 2.36. The van der Waals surface area contributed by atoms with Crippen LogP contribution in [0.25, 0.3) is 0 Å². The molecular formula is C10H16F4O2. The minimum absolute atomic E-state index is 0.108. The predicted molar refractivity (Wildman–Crippen MR) is 51.1 cm³/mol. The van der Waals surface area contributed by atoms with E-state index in [1.54, 1.807) is 6.92 Å². The van der Waals surface area contributed by atoms with E-state index in [-0.39, 0.29) is 6.42 Å². The number of carboxylic acids is 1. The lowest BCUT2D eigenvalue weighted by Crippen LogP contribution is -2.33. The highest BCUT2D eigenvalue weighted by molar-refractivity contribution is 5.67. The third kappa shape index (κ3) is 5.32. The summed E-state index contributed by atoms with van der Waals surface area (Å²) in [6.07, 6.45) is -8.06. The molecule has 3 atom stereocenters. The first-order valence-electron chi connectivity index (χ1n) is 5.18. The molecule has 0 saturated heterocycles. The molecule has 0 heterocycles. The van der Waals surface area contributed by atoms with Crippen LogP contribution in [0.15, 0.2) is 0 Å². The molecule has 0 spiro atoms. The highest BCUT2D eigenvalue weighted by Crippen LogP contribution is 2.26. The van der Waals surface area contributed by atoms with Gasteiger partial charge >= 0.3 is 5.97 Å². The van der Waals surface area contributed by atoms with Crippen LogP contribution in [0.4, 0.5) is 17.6 Å². The Labute approximate surface area is 91.6 Å². The number of halogens is 4. The normalized spacial score (nSPS) is 17.1. The van der Waals surface area contributed by atoms with Crippen molar-refractivity contribution in [1.82, 2.24) is 0 Å². The van der Waals surface area contributed by atoms with Gasteiger partial charge in [0.15, 0.2) is 6.17 Å². The van der Waals surface area contributed by atoms with Gasteiger partial charge in [-0.2, -0.15) is 0 Å². The van der Waals surface area contributed by atoms with Crippen LogP contribution < -0.4 is 0 Å². The van der Waals surface area contributed by atoms with Crippen LogP contribution in [0.1, 0.15) is 32.6 Å². The SMILES string of the molecule is CCCCC(CC(=O)O)C(F)C(F)C(F)F. The van der Waals surface area contributed by atoms with Crippen LogP contribution in [0.5, 0.6) is 0 Å². The maximum atomic E-state index is 13.3. The fourth-order valence-corrected chi connectivity index (χ4v) is 1.46. The summed E-state index contributed by atoms with van der Waals surface area (Å²) in [4.78, 5) is 10.4. The molecule has 2 nitrogen and oxygen atoms in total. The van der Waals surface area contributed by atoms with Gasteiger partial charge in [-0.15, -0.1) is 0 Å². The molecule has 3 unspecified atom stereocenters. The van der Waals surface area contributed by atoms with Gasteiger partial charge in [-0.1, -0.05) is 19.8 Å². The predicted octanol–water partition coefficient (Wildman–Crippen LogP) is 3.21. The molecule has 0 radical (unpaired) electrons. The number of carboxylic acid groups (broad SMARTS) is 1. The Bertz CT molecular complexity index is 211. The van der Waals surface area contributed by atoms with Gasteiger partial charge in [0, 0.05) is 5.92 Å². The highest BCUT2D eigenvalue weighted by atomic mass is 19.3. The Hall–Kier alpha value is -0.810. The Balaban J connectivity index is 4.41. The van der Waals surface area contributed by atoms with Gasteiger partial charge in [0.25, 0.3) is 6.43 Å². The lowest BCUT2D eigenvalue weighted by Gasteiger charge is -2.21. The van der Waals surface area contributed by atoms with Gasteiger partial charge in [0.05, 0.1) is 6.42 Å². The molecule has 0 rings (SSSR count). The summed E-state index contributed by atoms with van der Waals surface area (Å²) >= 11 is 0. The minimum atomic E-state index is -3.41. The van der Waals surface area contributed by atoms with E-state index in [1.807, 2.05) is 0 Å². The first kappa shape index (κ1) is 15.2. The lowest BCUT2D eigenvalue weighted by atomic mass is 9.91. The van der Waals surface area contributed by atoms with Crippen LogP contribution >= 0.6 is 0 Å². The maximum Gasteiger partial charge on any atom is 0.303 e. The lowest BCUT2D eigenvalue weighted by molar-refractivity contribution is -0.139. The number of alkyl halides is 4. The third-order valence-corrected chi connectivity index (χ3v) is 2.36. The van der Waals surface area contributed by atoms with E-state index in [0.29, 0.717) is 12.8 Å². The Kier molecular flexibility index (Phi) is 7.08. The molecule has 0 fully saturated rings. The van der Waals surface area contributed by atoms with Gasteiger partial charge in [-0.05, 0) is 6.42 Å². The second-order valence-electron chi connectivity index (χ2n) is 3.72. The topological polar surface area (TPSA) is 37.3 Å². The number of unbranched alkanes of at least 4 members (excludes halogenated alkanes) is 1. The van der Waals surface area contributed by atoms with Crippen LogP contribution in [0.3, 0.4) is 0 Å². The van der Waals surface area contributed by atoms with Crippen molar-refractivity contribution >= 4 is 5.97 Å². The summed E-state index contributed by atoms with van der Waals surface area (Å²) in [5.41, 5.74) is 0. The van der Waals surface area contributed by atoms with Crippen LogP contribution in [-0.2, 0) is 4.79 Å². The molecule has 0 aliphatic carbocycles. The summed E-state index contributed by atoms with van der Waals surface area (Å²) < 4.78 is 49.9. The largest absolute Gasteiger partial charge is 0.481 e. The van der Waals surface area contributed by atoms with E-state index in [0.717, 1.165) is 0 Å². The summed E-state index contributed by atoms with van der Waals surface area (Å²) in [5.74, 6) is -2.48. The number of hydrogen-bond donors (Lipinski definition) is 1. The van der Waals surface area contributed by atoms with Gasteiger partial charge in [0.1, 0.15) is 6.17 Å². The molecule has 0 aliphatic rings. The molecule has 96 valence electrons. The summed E-state index contributed by atoms with van der Waals surface area (Å²) in [6.45, 7) is 1.80. The molecule has 1 N–H and O–H groups in total. The van der Waals surface area contributed by atoms with Gasteiger partial charge in [0.2, 0.25) is 0 Å². The van der Waals surface area contributed by atoms with Crippen molar-refractivity contribution in [2.24, 2.45) is 5.92 Å². The molecule has 0 bridgehead atoms. The quantitative estimate of drug-likeness (QED) is 0.666. The monoisotopic (exact) mass is 244 g/mol. The van der Waals surface area contributed by atoms with E-state index < -0.39 is 37.1 Å². The molecule has 0 aliphatic heterocycles. The molecule has 0 amide bonds. The average molecular weight is 244 g/mol. The average Bonchev–Trinajstić information content (AvgIpc) is 2.21. The summed E-state index contributed by atoms with van der Waals surface area (Å²) in [5, 5.41) is 8.48. The molecule has 0 aromatic carbocycles. The Morgan fingerprint density at radius 2 is 1.75 bits per heavy atom. The molecule has 0 saturated carbocycles. The van der Waals surface area contributed by atoms with Crippen molar-refractivity contribution in [2.75, 3.05) is 0 Å². The van der Waals surface area contributed by atoms with E-state index in [9.17, 15) is 22.4 Å². The van der Waals surface area contributed by atoms with Crippen LogP contribution in [0.2, 0.25) is 0 Å². The first-order chi connectivity index (χ1) is 7.40. The number of carbonyl (C=O) groups is 1. The molecule has 0 aromatic rings. The van der Waals surface area contributed by atoms with Crippen LogP contribution in [0, 0.1) is 5.92 Å². The Morgan fingerprint density at radius 1 is 1.19 bits per heavy atom. The Morgan fingerprint density at radius 3 is 2.12 bits per heavy atom. The zero-order valence-corrected chi connectivity index (χ0v) is 9.01. The van der Waals surface area contributed by atoms with Crippen molar-refractivity contribution < 1.29 is 27.5 Å². The zero-order valence-electron chi connectivity index (χ0n) is 9.01. The van der Waals surface area contributed by atoms with Crippen LogP contribution in [-0.4, -0.2) is 29.8 Å². The highest BCUT2D eigenvalue weighted by Gasteiger charge is 2.36. The van der Waals surface area contributed by atoms with Crippen molar-refractivity contribution in [2.45, 2.75) is 51.4 Å². The number of rotatable bonds is 8. The van der Waals surface area contributed by atoms with Gasteiger partial charge in [-0.3, -0.25) is 4.79 Å².